The third-order valence-corrected chi connectivity index (χ3v) is 4.90. The lowest BCUT2D eigenvalue weighted by Gasteiger charge is -2.24. The fraction of sp³-hybridized carbons (Fsp3) is 0.647. The van der Waals surface area contributed by atoms with E-state index in [2.05, 4.69) is 59.4 Å². The second-order valence-electron chi connectivity index (χ2n) is 5.99. The smallest absolute Gasteiger partial charge is 0.0320 e. The quantitative estimate of drug-likeness (QED) is 0.725. The molecule has 0 bridgehead atoms. The molecule has 0 aromatic heterocycles. The van der Waals surface area contributed by atoms with Gasteiger partial charge in [0.1, 0.15) is 0 Å². The first kappa shape index (κ1) is 15.1. The summed E-state index contributed by atoms with van der Waals surface area (Å²) in [5, 5.41) is 3.89. The average molecular weight is 324 g/mol. The van der Waals surface area contributed by atoms with Crippen molar-refractivity contribution in [1.82, 2.24) is 5.32 Å². The molecule has 0 aliphatic heterocycles. The van der Waals surface area contributed by atoms with Gasteiger partial charge >= 0.3 is 0 Å². The van der Waals surface area contributed by atoms with Crippen LogP contribution in [0.3, 0.4) is 0 Å². The van der Waals surface area contributed by atoms with Gasteiger partial charge in [0.25, 0.3) is 0 Å². The van der Waals surface area contributed by atoms with Crippen LogP contribution in [0, 0.1) is 5.92 Å². The van der Waals surface area contributed by atoms with Crippen LogP contribution in [-0.4, -0.2) is 6.04 Å². The molecule has 106 valence electrons. The highest BCUT2D eigenvalue weighted by Gasteiger charge is 2.19. The summed E-state index contributed by atoms with van der Waals surface area (Å²) >= 11 is 3.51. The predicted octanol–water partition coefficient (Wildman–Crippen LogP) is 5.46. The van der Waals surface area contributed by atoms with Gasteiger partial charge in [-0.3, -0.25) is 0 Å². The van der Waals surface area contributed by atoms with Gasteiger partial charge in [0.2, 0.25) is 0 Å². The molecule has 19 heavy (non-hydrogen) atoms. The first-order valence-electron chi connectivity index (χ1n) is 7.70. The van der Waals surface area contributed by atoms with E-state index >= 15 is 0 Å². The van der Waals surface area contributed by atoms with Crippen molar-refractivity contribution in [3.63, 3.8) is 0 Å². The molecule has 3 unspecified atom stereocenters. The van der Waals surface area contributed by atoms with Crippen molar-refractivity contribution in [2.75, 3.05) is 0 Å². The minimum Gasteiger partial charge on any atom is -0.307 e. The molecule has 1 saturated carbocycles. The molecule has 0 spiro atoms. The molecule has 0 radical (unpaired) electrons. The molecular weight excluding hydrogens is 298 g/mol. The van der Waals surface area contributed by atoms with Gasteiger partial charge in [0.05, 0.1) is 0 Å². The monoisotopic (exact) mass is 323 g/mol. The van der Waals surface area contributed by atoms with E-state index in [4.69, 9.17) is 0 Å². The molecule has 0 saturated heterocycles. The van der Waals surface area contributed by atoms with Crippen LogP contribution in [0.5, 0.6) is 0 Å². The Balaban J connectivity index is 1.96. The maximum Gasteiger partial charge on any atom is 0.0320 e. The second kappa shape index (κ2) is 7.44. The first-order chi connectivity index (χ1) is 9.19. The molecule has 1 N–H and O–H groups in total. The van der Waals surface area contributed by atoms with Gasteiger partial charge in [-0.1, -0.05) is 54.8 Å². The van der Waals surface area contributed by atoms with Gasteiger partial charge < -0.3 is 5.32 Å². The highest BCUT2D eigenvalue weighted by Crippen LogP contribution is 2.26. The Bertz CT molecular complexity index is 373. The summed E-state index contributed by atoms with van der Waals surface area (Å²) in [6.45, 7) is 4.67. The van der Waals surface area contributed by atoms with Gasteiger partial charge in [0, 0.05) is 16.6 Å². The summed E-state index contributed by atoms with van der Waals surface area (Å²) in [5.41, 5.74) is 1.42. The maximum atomic E-state index is 3.89. The van der Waals surface area contributed by atoms with Crippen LogP contribution >= 0.6 is 15.9 Å². The first-order valence-corrected chi connectivity index (χ1v) is 8.50. The minimum absolute atomic E-state index is 0.506. The van der Waals surface area contributed by atoms with Crippen molar-refractivity contribution in [2.45, 2.75) is 64.5 Å². The average Bonchev–Trinajstić information content (AvgIpc) is 2.62. The second-order valence-corrected chi connectivity index (χ2v) is 6.91. The number of hydrogen-bond acceptors (Lipinski definition) is 1. The molecule has 0 amide bonds. The normalized spacial score (nSPS) is 25.8. The van der Waals surface area contributed by atoms with E-state index in [0.29, 0.717) is 12.1 Å². The number of nitrogens with one attached hydrogen (secondary N) is 1. The summed E-state index contributed by atoms with van der Waals surface area (Å²) in [4.78, 5) is 0. The van der Waals surface area contributed by atoms with Crippen LogP contribution in [0.2, 0.25) is 0 Å². The summed E-state index contributed by atoms with van der Waals surface area (Å²) < 4.78 is 1.16. The van der Waals surface area contributed by atoms with Crippen molar-refractivity contribution in [1.29, 1.82) is 0 Å². The van der Waals surface area contributed by atoms with Crippen LogP contribution in [0.4, 0.5) is 0 Å². The molecule has 1 aromatic carbocycles. The summed E-state index contributed by atoms with van der Waals surface area (Å²) in [7, 11) is 0. The van der Waals surface area contributed by atoms with Gasteiger partial charge in [-0.05, 0) is 49.3 Å². The number of halogens is 1. The molecular formula is C17H26BrN. The van der Waals surface area contributed by atoms with Gasteiger partial charge in [-0.2, -0.15) is 0 Å². The van der Waals surface area contributed by atoms with E-state index in [1.165, 1.54) is 37.7 Å². The highest BCUT2D eigenvalue weighted by molar-refractivity contribution is 9.10. The van der Waals surface area contributed by atoms with E-state index in [0.717, 1.165) is 16.8 Å². The lowest BCUT2D eigenvalue weighted by Crippen LogP contribution is -2.32. The van der Waals surface area contributed by atoms with Gasteiger partial charge in [-0.25, -0.2) is 0 Å². The molecule has 1 aliphatic carbocycles. The number of hydrogen-bond donors (Lipinski definition) is 1. The molecule has 1 aromatic rings. The topological polar surface area (TPSA) is 12.0 Å². The van der Waals surface area contributed by atoms with E-state index in [1.54, 1.807) is 0 Å². The van der Waals surface area contributed by atoms with Crippen molar-refractivity contribution in [3.8, 4) is 0 Å². The molecule has 2 heteroatoms. The van der Waals surface area contributed by atoms with Gasteiger partial charge in [0.15, 0.2) is 0 Å². The molecule has 0 heterocycles. The van der Waals surface area contributed by atoms with Crippen molar-refractivity contribution < 1.29 is 0 Å². The highest BCUT2D eigenvalue weighted by atomic mass is 79.9. The van der Waals surface area contributed by atoms with E-state index in [1.807, 2.05) is 0 Å². The molecule has 1 fully saturated rings. The van der Waals surface area contributed by atoms with E-state index in [9.17, 15) is 0 Å². The van der Waals surface area contributed by atoms with Crippen molar-refractivity contribution in [2.24, 2.45) is 5.92 Å². The Morgan fingerprint density at radius 1 is 1.16 bits per heavy atom. The minimum atomic E-state index is 0.506. The summed E-state index contributed by atoms with van der Waals surface area (Å²) in [5.74, 6) is 0.916. The molecule has 3 atom stereocenters. The number of rotatable bonds is 4. The zero-order valence-electron chi connectivity index (χ0n) is 12.2. The largest absolute Gasteiger partial charge is 0.307 e. The predicted molar refractivity (Wildman–Crippen MR) is 86.3 cm³/mol. The van der Waals surface area contributed by atoms with Crippen molar-refractivity contribution in [3.05, 3.63) is 34.3 Å². The zero-order chi connectivity index (χ0) is 13.7. The summed E-state index contributed by atoms with van der Waals surface area (Å²) in [6, 6.07) is 9.99. The van der Waals surface area contributed by atoms with Crippen molar-refractivity contribution >= 4 is 15.9 Å². The molecule has 1 aliphatic rings. The number of benzene rings is 1. The van der Waals surface area contributed by atoms with Crippen LogP contribution in [0.25, 0.3) is 0 Å². The SMILES string of the molecule is CCC(NC1CCCC(C)CC1)c1ccc(Br)cc1. The Kier molecular flexibility index (Phi) is 5.90. The fourth-order valence-electron chi connectivity index (χ4n) is 3.08. The third-order valence-electron chi connectivity index (χ3n) is 4.37. The standard InChI is InChI=1S/C17H26BrN/c1-3-17(14-8-10-15(18)11-9-14)19-16-6-4-5-13(2)7-12-16/h8-11,13,16-17,19H,3-7,12H2,1-2H3. The van der Waals surface area contributed by atoms with Crippen LogP contribution < -0.4 is 5.32 Å². The van der Waals surface area contributed by atoms with Crippen LogP contribution in [0.1, 0.15) is 64.0 Å². The van der Waals surface area contributed by atoms with E-state index in [-0.39, 0.29) is 0 Å². The Morgan fingerprint density at radius 2 is 1.89 bits per heavy atom. The summed E-state index contributed by atoms with van der Waals surface area (Å²) in [6.07, 6.45) is 8.02. The Morgan fingerprint density at radius 3 is 2.58 bits per heavy atom. The van der Waals surface area contributed by atoms with Crippen LogP contribution in [0.15, 0.2) is 28.7 Å². The van der Waals surface area contributed by atoms with Gasteiger partial charge in [-0.15, -0.1) is 0 Å². The maximum absolute atomic E-state index is 3.89. The Hall–Kier alpha value is -0.340. The zero-order valence-corrected chi connectivity index (χ0v) is 13.7. The van der Waals surface area contributed by atoms with E-state index < -0.39 is 0 Å². The molecule has 2 rings (SSSR count). The van der Waals surface area contributed by atoms with Crippen LogP contribution in [-0.2, 0) is 0 Å². The lowest BCUT2D eigenvalue weighted by molar-refractivity contribution is 0.387. The third kappa shape index (κ3) is 4.61. The fourth-order valence-corrected chi connectivity index (χ4v) is 3.35. The molecule has 1 nitrogen and oxygen atoms in total. The lowest BCUT2D eigenvalue weighted by atomic mass is 10.0. The Labute approximate surface area is 126 Å².